The van der Waals surface area contributed by atoms with Crippen LogP contribution in [0.25, 0.3) is 5.65 Å². The van der Waals surface area contributed by atoms with E-state index in [0.29, 0.717) is 24.7 Å². The normalized spacial score (nSPS) is 18.3. The number of rotatable bonds is 3. The molecular formula is C16H15F3N6O. The fourth-order valence-corrected chi connectivity index (χ4v) is 2.98. The van der Waals surface area contributed by atoms with Gasteiger partial charge in [0, 0.05) is 12.7 Å². The monoisotopic (exact) mass is 364 g/mol. The number of piperidine rings is 1. The van der Waals surface area contributed by atoms with Crippen molar-refractivity contribution >= 4 is 11.5 Å². The summed E-state index contributed by atoms with van der Waals surface area (Å²) in [6.07, 6.45) is 0.298. The Labute approximate surface area is 146 Å². The van der Waals surface area contributed by atoms with Crippen molar-refractivity contribution in [1.29, 1.82) is 0 Å². The van der Waals surface area contributed by atoms with Crippen molar-refractivity contribution in [3.05, 3.63) is 42.5 Å². The molecule has 0 saturated carbocycles. The third-order valence-electron chi connectivity index (χ3n) is 4.14. The largest absolute Gasteiger partial charge is 0.487 e. The average Bonchev–Trinajstić information content (AvgIpc) is 3.06. The van der Waals surface area contributed by atoms with Gasteiger partial charge in [-0.3, -0.25) is 4.98 Å². The Morgan fingerprint density at radius 2 is 2.04 bits per heavy atom. The first-order valence-corrected chi connectivity index (χ1v) is 8.12. The van der Waals surface area contributed by atoms with E-state index in [1.165, 1.54) is 6.07 Å². The Kier molecular flexibility index (Phi) is 4.09. The maximum Gasteiger partial charge on any atom is 0.453 e. The second-order valence-corrected chi connectivity index (χ2v) is 6.00. The molecule has 7 nitrogen and oxygen atoms in total. The number of pyridine rings is 1. The summed E-state index contributed by atoms with van der Waals surface area (Å²) in [6.45, 7) is 1.21. The van der Waals surface area contributed by atoms with Gasteiger partial charge in [0.25, 0.3) is 5.82 Å². The van der Waals surface area contributed by atoms with E-state index in [-0.39, 0.29) is 11.8 Å². The van der Waals surface area contributed by atoms with Crippen LogP contribution < -0.4 is 9.64 Å². The van der Waals surface area contributed by atoms with E-state index in [0.717, 1.165) is 17.4 Å². The predicted molar refractivity (Wildman–Crippen MR) is 85.9 cm³/mol. The second-order valence-electron chi connectivity index (χ2n) is 6.00. The molecule has 0 aliphatic carbocycles. The molecule has 0 aromatic carbocycles. The third-order valence-corrected chi connectivity index (χ3v) is 4.14. The van der Waals surface area contributed by atoms with Crippen molar-refractivity contribution < 1.29 is 17.9 Å². The van der Waals surface area contributed by atoms with Crippen LogP contribution in [0.3, 0.4) is 0 Å². The number of fused-ring (bicyclic) bond motifs is 1. The Hall–Kier alpha value is -2.91. The Morgan fingerprint density at radius 3 is 2.81 bits per heavy atom. The fourth-order valence-electron chi connectivity index (χ4n) is 2.98. The Balaban J connectivity index is 1.56. The lowest BCUT2D eigenvalue weighted by Gasteiger charge is -2.33. The summed E-state index contributed by atoms with van der Waals surface area (Å²) >= 11 is 0. The SMILES string of the molecule is FC(F)(F)c1nnc2ccc(N3CCCC(Oc4cccnc4)C3)nn12. The van der Waals surface area contributed by atoms with E-state index >= 15 is 0 Å². The van der Waals surface area contributed by atoms with Crippen LogP contribution in [-0.4, -0.2) is 44.0 Å². The molecule has 1 aliphatic heterocycles. The first kappa shape index (κ1) is 16.6. The number of aromatic nitrogens is 5. The zero-order valence-electron chi connectivity index (χ0n) is 13.6. The van der Waals surface area contributed by atoms with Gasteiger partial charge in [-0.15, -0.1) is 15.3 Å². The zero-order valence-corrected chi connectivity index (χ0v) is 13.6. The molecule has 0 amide bonds. The van der Waals surface area contributed by atoms with Gasteiger partial charge in [0.15, 0.2) is 5.65 Å². The lowest BCUT2D eigenvalue weighted by molar-refractivity contribution is -0.146. The lowest BCUT2D eigenvalue weighted by Crippen LogP contribution is -2.41. The zero-order chi connectivity index (χ0) is 18.1. The predicted octanol–water partition coefficient (Wildman–Crippen LogP) is 2.59. The van der Waals surface area contributed by atoms with Gasteiger partial charge in [-0.05, 0) is 37.1 Å². The van der Waals surface area contributed by atoms with Crippen molar-refractivity contribution in [3.8, 4) is 5.75 Å². The summed E-state index contributed by atoms with van der Waals surface area (Å²) in [6, 6.07) is 6.74. The quantitative estimate of drug-likeness (QED) is 0.712. The summed E-state index contributed by atoms with van der Waals surface area (Å²) in [5, 5.41) is 10.8. The first-order chi connectivity index (χ1) is 12.5. The maximum atomic E-state index is 13.0. The van der Waals surface area contributed by atoms with Crippen molar-refractivity contribution in [1.82, 2.24) is 24.8 Å². The number of halogens is 3. The molecule has 0 N–H and O–H groups in total. The highest BCUT2D eigenvalue weighted by Gasteiger charge is 2.38. The molecule has 0 radical (unpaired) electrons. The van der Waals surface area contributed by atoms with Crippen LogP contribution in [0.1, 0.15) is 18.7 Å². The lowest BCUT2D eigenvalue weighted by atomic mass is 10.1. The van der Waals surface area contributed by atoms with E-state index in [4.69, 9.17) is 4.74 Å². The van der Waals surface area contributed by atoms with Crippen LogP contribution in [0.15, 0.2) is 36.7 Å². The fraction of sp³-hybridized carbons (Fsp3) is 0.375. The van der Waals surface area contributed by atoms with Crippen LogP contribution >= 0.6 is 0 Å². The minimum Gasteiger partial charge on any atom is -0.487 e. The molecule has 1 saturated heterocycles. The van der Waals surface area contributed by atoms with Crippen molar-refractivity contribution in [2.24, 2.45) is 0 Å². The maximum absolute atomic E-state index is 13.0. The molecule has 4 rings (SSSR count). The highest BCUT2D eigenvalue weighted by atomic mass is 19.4. The third kappa shape index (κ3) is 3.26. The molecule has 26 heavy (non-hydrogen) atoms. The van der Waals surface area contributed by atoms with E-state index in [1.54, 1.807) is 24.5 Å². The molecule has 1 fully saturated rings. The van der Waals surface area contributed by atoms with E-state index in [1.807, 2.05) is 11.0 Å². The standard InChI is InChI=1S/C16H15F3N6O/c17-16(18,19)15-22-21-13-5-6-14(23-25(13)15)24-8-2-4-12(10-24)26-11-3-1-7-20-9-11/h1,3,5-7,9,12H,2,4,8,10H2. The molecular weight excluding hydrogens is 349 g/mol. The number of nitrogens with zero attached hydrogens (tertiary/aromatic N) is 6. The van der Waals surface area contributed by atoms with E-state index in [9.17, 15) is 13.2 Å². The highest BCUT2D eigenvalue weighted by Crippen LogP contribution is 2.28. The molecule has 3 aromatic rings. The molecule has 136 valence electrons. The molecule has 0 bridgehead atoms. The summed E-state index contributed by atoms with van der Waals surface area (Å²) in [5.41, 5.74) is 0.0567. The van der Waals surface area contributed by atoms with Crippen molar-refractivity contribution in [2.45, 2.75) is 25.1 Å². The van der Waals surface area contributed by atoms with Crippen molar-refractivity contribution in [2.75, 3.05) is 18.0 Å². The molecule has 1 atom stereocenters. The number of anilines is 1. The molecule has 1 aliphatic rings. The van der Waals surface area contributed by atoms with E-state index < -0.39 is 12.0 Å². The van der Waals surface area contributed by atoms with Gasteiger partial charge in [0.1, 0.15) is 17.7 Å². The number of hydrogen-bond donors (Lipinski definition) is 0. The summed E-state index contributed by atoms with van der Waals surface area (Å²) < 4.78 is 45.7. The van der Waals surface area contributed by atoms with Crippen LogP contribution in [0.5, 0.6) is 5.75 Å². The summed E-state index contributed by atoms with van der Waals surface area (Å²) in [4.78, 5) is 5.92. The van der Waals surface area contributed by atoms with Gasteiger partial charge in [0.2, 0.25) is 0 Å². The minimum absolute atomic E-state index is 0.0567. The highest BCUT2D eigenvalue weighted by molar-refractivity contribution is 5.46. The van der Waals surface area contributed by atoms with Gasteiger partial charge in [-0.2, -0.15) is 17.7 Å². The first-order valence-electron chi connectivity index (χ1n) is 8.12. The van der Waals surface area contributed by atoms with Gasteiger partial charge >= 0.3 is 6.18 Å². The molecule has 10 heteroatoms. The molecule has 3 aromatic heterocycles. The van der Waals surface area contributed by atoms with Crippen LogP contribution in [0.4, 0.5) is 19.0 Å². The van der Waals surface area contributed by atoms with E-state index in [2.05, 4.69) is 20.3 Å². The van der Waals surface area contributed by atoms with Gasteiger partial charge in [-0.25, -0.2) is 0 Å². The number of alkyl halides is 3. The van der Waals surface area contributed by atoms with Crippen LogP contribution in [0, 0.1) is 0 Å². The number of hydrogen-bond acceptors (Lipinski definition) is 6. The molecule has 0 spiro atoms. The van der Waals surface area contributed by atoms with Gasteiger partial charge in [-0.1, -0.05) is 0 Å². The summed E-state index contributed by atoms with van der Waals surface area (Å²) in [5.74, 6) is -0.0299. The second kappa shape index (κ2) is 6.43. The summed E-state index contributed by atoms with van der Waals surface area (Å²) in [7, 11) is 0. The topological polar surface area (TPSA) is 68.4 Å². The molecule has 1 unspecified atom stereocenters. The minimum atomic E-state index is -4.61. The molecule has 4 heterocycles. The Bertz CT molecular complexity index is 898. The smallest absolute Gasteiger partial charge is 0.453 e. The van der Waals surface area contributed by atoms with Crippen molar-refractivity contribution in [3.63, 3.8) is 0 Å². The number of ether oxygens (including phenoxy) is 1. The Morgan fingerprint density at radius 1 is 1.15 bits per heavy atom. The average molecular weight is 364 g/mol. The van der Waals surface area contributed by atoms with Crippen LogP contribution in [0.2, 0.25) is 0 Å². The van der Waals surface area contributed by atoms with Crippen LogP contribution in [-0.2, 0) is 6.18 Å². The van der Waals surface area contributed by atoms with Gasteiger partial charge < -0.3 is 9.64 Å². The van der Waals surface area contributed by atoms with Gasteiger partial charge in [0.05, 0.1) is 12.7 Å².